The number of nitrogens with one attached hydrogen (secondary N) is 1. The molecule has 18 heavy (non-hydrogen) atoms. The fourth-order valence-electron chi connectivity index (χ4n) is 2.28. The molecular formula is C15H22N2S. The Kier molecular flexibility index (Phi) is 4.70. The highest BCUT2D eigenvalue weighted by Gasteiger charge is 2.19. The number of aryl methyl sites for hydroxylation is 1. The van der Waals surface area contributed by atoms with Crippen molar-refractivity contribution in [3.05, 3.63) is 35.4 Å². The van der Waals surface area contributed by atoms with Crippen LogP contribution in [0.4, 0.5) is 0 Å². The van der Waals surface area contributed by atoms with Crippen LogP contribution in [0.3, 0.4) is 0 Å². The first-order valence-electron chi connectivity index (χ1n) is 6.66. The van der Waals surface area contributed by atoms with Gasteiger partial charge in [-0.15, -0.1) is 0 Å². The minimum atomic E-state index is 0.555. The first-order valence-corrected chi connectivity index (χ1v) is 7.54. The first-order chi connectivity index (χ1) is 8.63. The van der Waals surface area contributed by atoms with E-state index < -0.39 is 0 Å². The Morgan fingerprint density at radius 2 is 2.22 bits per heavy atom. The van der Waals surface area contributed by atoms with Gasteiger partial charge in [-0.1, -0.05) is 48.5 Å². The molecule has 1 aliphatic rings. The van der Waals surface area contributed by atoms with E-state index in [1.807, 2.05) is 11.8 Å². The van der Waals surface area contributed by atoms with Gasteiger partial charge in [-0.05, 0) is 32.3 Å². The van der Waals surface area contributed by atoms with Gasteiger partial charge in [0.1, 0.15) is 0 Å². The molecule has 1 fully saturated rings. The zero-order valence-electron chi connectivity index (χ0n) is 11.4. The van der Waals surface area contributed by atoms with Crippen molar-refractivity contribution >= 4 is 16.9 Å². The van der Waals surface area contributed by atoms with Gasteiger partial charge in [-0.3, -0.25) is 4.99 Å². The van der Waals surface area contributed by atoms with Gasteiger partial charge in [-0.2, -0.15) is 0 Å². The van der Waals surface area contributed by atoms with Crippen LogP contribution in [0.25, 0.3) is 0 Å². The van der Waals surface area contributed by atoms with Crippen molar-refractivity contribution in [2.24, 2.45) is 4.99 Å². The van der Waals surface area contributed by atoms with Crippen LogP contribution >= 0.6 is 11.8 Å². The van der Waals surface area contributed by atoms with Crippen molar-refractivity contribution in [1.82, 2.24) is 5.32 Å². The van der Waals surface area contributed by atoms with E-state index in [4.69, 9.17) is 0 Å². The lowest BCUT2D eigenvalue weighted by Crippen LogP contribution is -2.38. The molecule has 2 rings (SSSR count). The topological polar surface area (TPSA) is 24.4 Å². The number of thioether (sulfide) groups is 1. The normalized spacial score (nSPS) is 26.1. The summed E-state index contributed by atoms with van der Waals surface area (Å²) in [5.41, 5.74) is 2.70. The zero-order chi connectivity index (χ0) is 13.0. The quantitative estimate of drug-likeness (QED) is 0.903. The fraction of sp³-hybridized carbons (Fsp3) is 0.533. The van der Waals surface area contributed by atoms with Gasteiger partial charge < -0.3 is 5.32 Å². The van der Waals surface area contributed by atoms with Crippen molar-refractivity contribution < 1.29 is 0 Å². The molecule has 1 saturated heterocycles. The highest BCUT2D eigenvalue weighted by atomic mass is 32.2. The third kappa shape index (κ3) is 4.05. The van der Waals surface area contributed by atoms with Crippen LogP contribution in [-0.2, 0) is 6.42 Å². The molecule has 0 radical (unpaired) electrons. The van der Waals surface area contributed by atoms with Gasteiger partial charge >= 0.3 is 0 Å². The van der Waals surface area contributed by atoms with E-state index in [2.05, 4.69) is 55.3 Å². The van der Waals surface area contributed by atoms with Crippen LogP contribution in [0, 0.1) is 6.92 Å². The van der Waals surface area contributed by atoms with Gasteiger partial charge in [0.2, 0.25) is 0 Å². The smallest absolute Gasteiger partial charge is 0.157 e. The third-order valence-electron chi connectivity index (χ3n) is 3.11. The summed E-state index contributed by atoms with van der Waals surface area (Å²) in [6.45, 7) is 7.51. The second-order valence-corrected chi connectivity index (χ2v) is 6.56. The maximum atomic E-state index is 4.68. The molecule has 0 aromatic heterocycles. The fourth-order valence-corrected chi connectivity index (χ4v) is 3.48. The van der Waals surface area contributed by atoms with Gasteiger partial charge in [0, 0.05) is 17.8 Å². The lowest BCUT2D eigenvalue weighted by atomic mass is 10.1. The molecule has 0 spiro atoms. The largest absolute Gasteiger partial charge is 0.362 e. The summed E-state index contributed by atoms with van der Waals surface area (Å²) < 4.78 is 0. The molecule has 98 valence electrons. The van der Waals surface area contributed by atoms with Crippen molar-refractivity contribution in [1.29, 1.82) is 0 Å². The molecule has 0 aliphatic carbocycles. The van der Waals surface area contributed by atoms with Crippen molar-refractivity contribution in [3.63, 3.8) is 0 Å². The van der Waals surface area contributed by atoms with E-state index in [1.165, 1.54) is 17.5 Å². The standard InChI is InChI=1S/C15H22N2S/c1-11-5-4-6-14(9-11)7-8-16-15-17-12(2)10-13(3)18-15/h4-6,9,12-13H,7-8,10H2,1-3H3,(H,16,17). The number of hydrogen-bond acceptors (Lipinski definition) is 2. The molecule has 1 aromatic rings. The Hall–Kier alpha value is -0.960. The minimum Gasteiger partial charge on any atom is -0.362 e. The number of benzene rings is 1. The Morgan fingerprint density at radius 3 is 2.94 bits per heavy atom. The van der Waals surface area contributed by atoms with E-state index in [-0.39, 0.29) is 0 Å². The molecular weight excluding hydrogens is 240 g/mol. The third-order valence-corrected chi connectivity index (χ3v) is 4.17. The number of hydrogen-bond donors (Lipinski definition) is 1. The summed E-state index contributed by atoms with van der Waals surface area (Å²) in [5, 5.41) is 5.26. The van der Waals surface area contributed by atoms with E-state index in [0.29, 0.717) is 11.3 Å². The van der Waals surface area contributed by atoms with Crippen molar-refractivity contribution in [2.45, 2.75) is 44.9 Å². The molecule has 2 unspecified atom stereocenters. The minimum absolute atomic E-state index is 0.555. The van der Waals surface area contributed by atoms with Crippen molar-refractivity contribution in [3.8, 4) is 0 Å². The molecule has 1 aliphatic heterocycles. The molecule has 0 bridgehead atoms. The first kappa shape index (κ1) is 13.5. The zero-order valence-corrected chi connectivity index (χ0v) is 12.3. The van der Waals surface area contributed by atoms with Crippen LogP contribution in [0.15, 0.2) is 29.3 Å². The summed E-state index contributed by atoms with van der Waals surface area (Å²) in [7, 11) is 0. The molecule has 1 heterocycles. The highest BCUT2D eigenvalue weighted by Crippen LogP contribution is 2.22. The van der Waals surface area contributed by atoms with E-state index in [9.17, 15) is 0 Å². The molecule has 2 nitrogen and oxygen atoms in total. The van der Waals surface area contributed by atoms with Gasteiger partial charge in [0.25, 0.3) is 0 Å². The second kappa shape index (κ2) is 6.28. The monoisotopic (exact) mass is 262 g/mol. The van der Waals surface area contributed by atoms with Gasteiger partial charge in [0.15, 0.2) is 5.17 Å². The Labute approximate surface area is 114 Å². The van der Waals surface area contributed by atoms with Gasteiger partial charge in [0.05, 0.1) is 0 Å². The van der Waals surface area contributed by atoms with E-state index in [1.54, 1.807) is 0 Å². The molecule has 0 saturated carbocycles. The molecule has 1 N–H and O–H groups in total. The summed E-state index contributed by atoms with van der Waals surface area (Å²) in [6, 6.07) is 9.23. The Bertz CT molecular complexity index is 416. The summed E-state index contributed by atoms with van der Waals surface area (Å²) in [5.74, 6) is 0. The maximum absolute atomic E-state index is 4.68. The average Bonchev–Trinajstić information content (AvgIpc) is 2.27. The average molecular weight is 262 g/mol. The van der Waals surface area contributed by atoms with Crippen molar-refractivity contribution in [2.75, 3.05) is 6.54 Å². The predicted molar refractivity (Wildman–Crippen MR) is 81.5 cm³/mol. The number of nitrogens with zero attached hydrogens (tertiary/aromatic N) is 1. The Balaban J connectivity index is 1.87. The molecule has 0 amide bonds. The summed E-state index contributed by atoms with van der Waals surface area (Å²) >= 11 is 1.87. The van der Waals surface area contributed by atoms with Crippen LogP contribution < -0.4 is 5.32 Å². The predicted octanol–water partition coefficient (Wildman–Crippen LogP) is 3.40. The maximum Gasteiger partial charge on any atom is 0.157 e. The van der Waals surface area contributed by atoms with E-state index in [0.717, 1.165) is 18.1 Å². The number of rotatable bonds is 3. The summed E-state index contributed by atoms with van der Waals surface area (Å²) in [6.07, 6.45) is 2.25. The molecule has 2 atom stereocenters. The summed E-state index contributed by atoms with van der Waals surface area (Å²) in [4.78, 5) is 4.68. The van der Waals surface area contributed by atoms with Gasteiger partial charge in [-0.25, -0.2) is 0 Å². The highest BCUT2D eigenvalue weighted by molar-refractivity contribution is 8.14. The van der Waals surface area contributed by atoms with Crippen LogP contribution in [0.5, 0.6) is 0 Å². The SMILES string of the molecule is Cc1cccc(CCN=C2NC(C)CC(C)S2)c1. The molecule has 3 heteroatoms. The number of aliphatic imine (C=N–C) groups is 1. The molecule has 1 aromatic carbocycles. The van der Waals surface area contributed by atoms with E-state index >= 15 is 0 Å². The second-order valence-electron chi connectivity index (χ2n) is 5.14. The van der Waals surface area contributed by atoms with Crippen LogP contribution in [0.2, 0.25) is 0 Å². The van der Waals surface area contributed by atoms with Crippen LogP contribution in [0.1, 0.15) is 31.4 Å². The van der Waals surface area contributed by atoms with Crippen LogP contribution in [-0.4, -0.2) is 23.0 Å². The number of amidine groups is 1. The lowest BCUT2D eigenvalue weighted by Gasteiger charge is -2.26. The Morgan fingerprint density at radius 1 is 1.39 bits per heavy atom. The lowest BCUT2D eigenvalue weighted by molar-refractivity contribution is 0.597.